The standard InChI is InChI=1S/C15H15N3O3/c19-10-17-15(6-1-7-15)11-2-4-12(5-3-11)18-9-13(20)16-8-14(18)21/h2-5H,1,6-9H2,(H,16,20). The molecule has 6 nitrogen and oxygen atoms in total. The number of isocyanates is 1. The molecule has 0 atom stereocenters. The Labute approximate surface area is 121 Å². The van der Waals surface area contributed by atoms with Gasteiger partial charge in [0.1, 0.15) is 6.54 Å². The second-order valence-electron chi connectivity index (χ2n) is 5.39. The first-order valence-electron chi connectivity index (χ1n) is 6.91. The third-order valence-electron chi connectivity index (χ3n) is 4.20. The first-order chi connectivity index (χ1) is 10.1. The van der Waals surface area contributed by atoms with Gasteiger partial charge in [-0.15, -0.1) is 0 Å². The number of carbonyl (C=O) groups excluding carboxylic acids is 3. The number of piperazine rings is 1. The SMILES string of the molecule is O=C=NC1(c2ccc(N3CC(=O)NCC3=O)cc2)CCC1. The fourth-order valence-corrected chi connectivity index (χ4v) is 2.81. The van der Waals surface area contributed by atoms with Crippen molar-refractivity contribution in [2.45, 2.75) is 24.8 Å². The lowest BCUT2D eigenvalue weighted by Gasteiger charge is -2.37. The maximum atomic E-state index is 11.8. The van der Waals surface area contributed by atoms with Crippen molar-refractivity contribution in [1.29, 1.82) is 0 Å². The van der Waals surface area contributed by atoms with Gasteiger partial charge in [-0.25, -0.2) is 4.79 Å². The largest absolute Gasteiger partial charge is 0.345 e. The highest BCUT2D eigenvalue weighted by Crippen LogP contribution is 2.44. The molecule has 21 heavy (non-hydrogen) atoms. The molecule has 108 valence electrons. The summed E-state index contributed by atoms with van der Waals surface area (Å²) in [5.41, 5.74) is 1.20. The van der Waals surface area contributed by atoms with Crippen LogP contribution in [0.3, 0.4) is 0 Å². The fraction of sp³-hybridized carbons (Fsp3) is 0.400. The van der Waals surface area contributed by atoms with Crippen LogP contribution in [0.25, 0.3) is 0 Å². The molecule has 0 aromatic heterocycles. The molecule has 1 N–H and O–H groups in total. The van der Waals surface area contributed by atoms with Gasteiger partial charge >= 0.3 is 0 Å². The van der Waals surface area contributed by atoms with Crippen molar-refractivity contribution >= 4 is 23.6 Å². The van der Waals surface area contributed by atoms with Crippen LogP contribution in [-0.4, -0.2) is 31.0 Å². The number of aliphatic imine (C=N–C) groups is 1. The summed E-state index contributed by atoms with van der Waals surface area (Å²) in [6.45, 7) is 0.0652. The van der Waals surface area contributed by atoms with E-state index < -0.39 is 5.54 Å². The van der Waals surface area contributed by atoms with Crippen molar-refractivity contribution < 1.29 is 14.4 Å². The molecule has 0 radical (unpaired) electrons. The van der Waals surface area contributed by atoms with Crippen molar-refractivity contribution in [1.82, 2.24) is 5.32 Å². The van der Waals surface area contributed by atoms with Crippen LogP contribution in [0.4, 0.5) is 5.69 Å². The number of benzene rings is 1. The molecular weight excluding hydrogens is 270 g/mol. The van der Waals surface area contributed by atoms with E-state index in [2.05, 4.69) is 10.3 Å². The van der Waals surface area contributed by atoms with Crippen molar-refractivity contribution in [2.75, 3.05) is 18.0 Å². The van der Waals surface area contributed by atoms with E-state index in [1.165, 1.54) is 4.90 Å². The van der Waals surface area contributed by atoms with E-state index in [0.29, 0.717) is 5.69 Å². The first-order valence-corrected chi connectivity index (χ1v) is 6.91. The lowest BCUT2D eigenvalue weighted by molar-refractivity contribution is -0.128. The van der Waals surface area contributed by atoms with Gasteiger partial charge in [-0.1, -0.05) is 12.1 Å². The summed E-state index contributed by atoms with van der Waals surface area (Å²) in [6, 6.07) is 7.34. The molecule has 1 saturated heterocycles. The van der Waals surface area contributed by atoms with Crippen LogP contribution >= 0.6 is 0 Å². The zero-order valence-corrected chi connectivity index (χ0v) is 11.5. The number of anilines is 1. The smallest absolute Gasteiger partial charge is 0.246 e. The Kier molecular flexibility index (Phi) is 3.31. The lowest BCUT2D eigenvalue weighted by atomic mass is 9.72. The van der Waals surface area contributed by atoms with Crippen molar-refractivity contribution in [3.63, 3.8) is 0 Å². The van der Waals surface area contributed by atoms with E-state index in [-0.39, 0.29) is 24.9 Å². The van der Waals surface area contributed by atoms with Gasteiger partial charge in [-0.2, -0.15) is 4.99 Å². The highest BCUT2D eigenvalue weighted by Gasteiger charge is 2.38. The van der Waals surface area contributed by atoms with Crippen LogP contribution in [0, 0.1) is 0 Å². The highest BCUT2D eigenvalue weighted by molar-refractivity contribution is 6.04. The minimum atomic E-state index is -0.441. The van der Waals surface area contributed by atoms with E-state index in [0.717, 1.165) is 24.8 Å². The molecule has 1 aromatic rings. The summed E-state index contributed by atoms with van der Waals surface area (Å²) >= 11 is 0. The van der Waals surface area contributed by atoms with Crippen LogP contribution in [0.1, 0.15) is 24.8 Å². The van der Waals surface area contributed by atoms with Gasteiger partial charge in [-0.3, -0.25) is 9.59 Å². The maximum Gasteiger partial charge on any atom is 0.246 e. The summed E-state index contributed by atoms with van der Waals surface area (Å²) in [6.07, 6.45) is 4.38. The summed E-state index contributed by atoms with van der Waals surface area (Å²) in [4.78, 5) is 39.2. The van der Waals surface area contributed by atoms with Crippen molar-refractivity contribution in [3.8, 4) is 0 Å². The van der Waals surface area contributed by atoms with Gasteiger partial charge in [0.05, 0.1) is 12.1 Å². The molecule has 2 aliphatic rings. The Balaban J connectivity index is 1.85. The molecule has 1 aliphatic carbocycles. The number of amides is 2. The average Bonchev–Trinajstić information content (AvgIpc) is 2.46. The van der Waals surface area contributed by atoms with Crippen LogP contribution in [0.15, 0.2) is 29.3 Å². The first kappa shape index (κ1) is 13.5. The molecule has 6 heteroatoms. The van der Waals surface area contributed by atoms with E-state index in [9.17, 15) is 14.4 Å². The third kappa shape index (κ3) is 2.34. The zero-order valence-electron chi connectivity index (χ0n) is 11.5. The molecule has 2 amide bonds. The summed E-state index contributed by atoms with van der Waals surface area (Å²) < 4.78 is 0. The molecule has 1 saturated carbocycles. The molecule has 3 rings (SSSR count). The molecule has 1 aliphatic heterocycles. The van der Waals surface area contributed by atoms with Gasteiger partial charge in [0.15, 0.2) is 0 Å². The predicted octanol–water partition coefficient (Wildman–Crippen LogP) is 0.864. The Morgan fingerprint density at radius 1 is 1.19 bits per heavy atom. The topological polar surface area (TPSA) is 78.8 Å². The molecular formula is C15H15N3O3. The quantitative estimate of drug-likeness (QED) is 0.661. The highest BCUT2D eigenvalue weighted by atomic mass is 16.2. The molecule has 0 unspecified atom stereocenters. The Morgan fingerprint density at radius 3 is 2.48 bits per heavy atom. The number of hydrogen-bond acceptors (Lipinski definition) is 4. The maximum absolute atomic E-state index is 11.8. The van der Waals surface area contributed by atoms with Crippen LogP contribution in [0.2, 0.25) is 0 Å². The number of carbonyl (C=O) groups is 2. The van der Waals surface area contributed by atoms with E-state index in [1.807, 2.05) is 12.1 Å². The summed E-state index contributed by atoms with van der Waals surface area (Å²) in [7, 11) is 0. The predicted molar refractivity (Wildman–Crippen MR) is 75.5 cm³/mol. The molecule has 0 spiro atoms. The number of nitrogens with one attached hydrogen (secondary N) is 1. The van der Waals surface area contributed by atoms with E-state index >= 15 is 0 Å². The monoisotopic (exact) mass is 285 g/mol. The number of hydrogen-bond donors (Lipinski definition) is 1. The van der Waals surface area contributed by atoms with E-state index in [1.54, 1.807) is 18.2 Å². The van der Waals surface area contributed by atoms with Gasteiger partial charge in [0, 0.05) is 5.69 Å². The van der Waals surface area contributed by atoms with Gasteiger partial charge in [0.2, 0.25) is 17.9 Å². The lowest BCUT2D eigenvalue weighted by Crippen LogP contribution is -2.51. The number of rotatable bonds is 3. The van der Waals surface area contributed by atoms with Crippen LogP contribution < -0.4 is 10.2 Å². The molecule has 1 heterocycles. The van der Waals surface area contributed by atoms with Crippen molar-refractivity contribution in [3.05, 3.63) is 29.8 Å². The minimum absolute atomic E-state index is 0.0277. The Bertz CT molecular complexity index is 628. The summed E-state index contributed by atoms with van der Waals surface area (Å²) in [5.74, 6) is -0.300. The molecule has 2 fully saturated rings. The minimum Gasteiger partial charge on any atom is -0.345 e. The Morgan fingerprint density at radius 2 is 1.90 bits per heavy atom. The van der Waals surface area contributed by atoms with Gasteiger partial charge in [0.25, 0.3) is 0 Å². The van der Waals surface area contributed by atoms with Crippen molar-refractivity contribution in [2.24, 2.45) is 4.99 Å². The normalized spacial score (nSPS) is 20.3. The third-order valence-corrected chi connectivity index (χ3v) is 4.20. The van der Waals surface area contributed by atoms with Crippen LogP contribution in [0.5, 0.6) is 0 Å². The molecule has 1 aromatic carbocycles. The number of nitrogens with zero attached hydrogens (tertiary/aromatic N) is 2. The summed E-state index contributed by atoms with van der Waals surface area (Å²) in [5, 5.41) is 2.51. The zero-order chi connectivity index (χ0) is 14.9. The fourth-order valence-electron chi connectivity index (χ4n) is 2.81. The van der Waals surface area contributed by atoms with E-state index in [4.69, 9.17) is 0 Å². The second-order valence-corrected chi connectivity index (χ2v) is 5.39. The van der Waals surface area contributed by atoms with Gasteiger partial charge < -0.3 is 10.2 Å². The van der Waals surface area contributed by atoms with Crippen LogP contribution in [-0.2, 0) is 19.9 Å². The Hall–Kier alpha value is -2.46. The average molecular weight is 285 g/mol. The second kappa shape index (κ2) is 5.14. The molecule has 0 bridgehead atoms. The van der Waals surface area contributed by atoms with Gasteiger partial charge in [-0.05, 0) is 37.0 Å².